The maximum Gasteiger partial charge on any atom is 0.307 e. The van der Waals surface area contributed by atoms with Crippen LogP contribution in [0.25, 0.3) is 0 Å². The van der Waals surface area contributed by atoms with Crippen LogP contribution in [-0.4, -0.2) is 119 Å². The third-order valence-corrected chi connectivity index (χ3v) is 10.7. The third-order valence-electron chi connectivity index (χ3n) is 10.7. The second-order valence-corrected chi connectivity index (χ2v) is 12.4. The molecule has 8 N–H and O–H groups in total. The minimum Gasteiger partial charge on any atom is -0.450 e. The molecule has 0 spiro atoms. The largest absolute Gasteiger partial charge is 0.450 e. The molecule has 0 aromatic rings. The highest BCUT2D eigenvalue weighted by Crippen LogP contribution is 2.77. The Morgan fingerprint density at radius 1 is 1.05 bits per heavy atom. The van der Waals surface area contributed by atoms with Crippen LogP contribution in [0.5, 0.6) is 0 Å². The maximum atomic E-state index is 12.8. The summed E-state index contributed by atoms with van der Waals surface area (Å²) >= 11 is 0. The fraction of sp³-hybridized carbons (Fsp3) is 0.885. The molecular formula is C26H40O12. The Kier molecular flexibility index (Phi) is 6.45. The predicted molar refractivity (Wildman–Crippen MR) is 127 cm³/mol. The number of aliphatic hydroxyl groups excluding tert-OH is 5. The highest BCUT2D eigenvalue weighted by Gasteiger charge is 2.94. The second-order valence-electron chi connectivity index (χ2n) is 12.4. The Balaban J connectivity index is 1.50. The number of hydrogen-bond donors (Lipinski definition) is 8. The number of carbonyl (C=O) groups is 1. The maximum absolute atomic E-state index is 12.8. The van der Waals surface area contributed by atoms with E-state index in [9.17, 15) is 45.6 Å². The lowest BCUT2D eigenvalue weighted by molar-refractivity contribution is -0.307. The van der Waals surface area contributed by atoms with Gasteiger partial charge in [-0.15, -0.1) is 0 Å². The van der Waals surface area contributed by atoms with Crippen LogP contribution >= 0.6 is 0 Å². The summed E-state index contributed by atoms with van der Waals surface area (Å²) in [5, 5.41) is 88.1. The van der Waals surface area contributed by atoms with Gasteiger partial charge in [0.2, 0.25) is 5.60 Å². The van der Waals surface area contributed by atoms with Crippen molar-refractivity contribution in [3.8, 4) is 0 Å². The van der Waals surface area contributed by atoms with Gasteiger partial charge in [-0.05, 0) is 31.3 Å². The van der Waals surface area contributed by atoms with E-state index < -0.39 is 89.0 Å². The molecule has 38 heavy (non-hydrogen) atoms. The molecule has 5 aliphatic rings. The molecule has 12 heteroatoms. The van der Waals surface area contributed by atoms with E-state index in [1.54, 1.807) is 27.7 Å². The van der Waals surface area contributed by atoms with Crippen LogP contribution in [0.4, 0.5) is 0 Å². The number of aliphatic hydroxyl groups is 8. The zero-order valence-corrected chi connectivity index (χ0v) is 22.1. The summed E-state index contributed by atoms with van der Waals surface area (Å²) < 4.78 is 16.9. The first kappa shape index (κ1) is 28.3. The predicted octanol–water partition coefficient (Wildman–Crippen LogP) is -2.15. The molecule has 2 heterocycles. The minimum atomic E-state index is -2.30. The topological polar surface area (TPSA) is 207 Å². The number of ether oxygens (including phenoxy) is 3. The van der Waals surface area contributed by atoms with Crippen molar-refractivity contribution in [3.05, 3.63) is 11.1 Å². The van der Waals surface area contributed by atoms with Gasteiger partial charge < -0.3 is 55.1 Å². The van der Waals surface area contributed by atoms with Gasteiger partial charge in [-0.3, -0.25) is 4.79 Å². The van der Waals surface area contributed by atoms with Gasteiger partial charge >= 0.3 is 5.97 Å². The molecule has 13 unspecified atom stereocenters. The molecule has 13 atom stereocenters. The fourth-order valence-corrected chi connectivity index (χ4v) is 8.33. The first-order chi connectivity index (χ1) is 17.6. The summed E-state index contributed by atoms with van der Waals surface area (Å²) in [6.07, 6.45) is -8.60. The molecule has 2 saturated carbocycles. The molecule has 2 saturated heterocycles. The van der Waals surface area contributed by atoms with E-state index in [1.165, 1.54) is 0 Å². The summed E-state index contributed by atoms with van der Waals surface area (Å²) in [6, 6.07) is 0. The van der Waals surface area contributed by atoms with Crippen molar-refractivity contribution >= 4 is 5.97 Å². The normalized spacial score (nSPS) is 54.9. The number of hydrogen-bond acceptors (Lipinski definition) is 12. The van der Waals surface area contributed by atoms with E-state index in [0.29, 0.717) is 12.0 Å². The van der Waals surface area contributed by atoms with Crippen LogP contribution in [0.3, 0.4) is 0 Å². The standard InChI is InChI=1S/C26H40O12/c1-11-5-6-23(33)22(4)8-16(28)38-26(23,20(11)32)25(35)13(3)14(7-24(22,25)34)12(2)10-36-21-19(31)18(30)17(29)15(9-27)37-21/h11-12,15,17-21,27,29-35H,5-10H2,1-4H3. The molecule has 3 aliphatic carbocycles. The van der Waals surface area contributed by atoms with Gasteiger partial charge in [0.25, 0.3) is 0 Å². The van der Waals surface area contributed by atoms with Crippen LogP contribution in [0.1, 0.15) is 53.4 Å². The van der Waals surface area contributed by atoms with Gasteiger partial charge in [0, 0.05) is 17.8 Å². The SMILES string of the molecule is CC1=C(C(C)COC2OC(CO)C(O)C(O)C2O)CC2(O)C3(C)CC(=O)OC4(C(O)C(C)CCC34O)C12O. The van der Waals surface area contributed by atoms with Crippen molar-refractivity contribution in [3.63, 3.8) is 0 Å². The zero-order valence-electron chi connectivity index (χ0n) is 22.1. The summed E-state index contributed by atoms with van der Waals surface area (Å²) in [5.41, 5.74) is -9.12. The second kappa shape index (κ2) is 8.65. The Morgan fingerprint density at radius 3 is 2.34 bits per heavy atom. The molecule has 0 aromatic heterocycles. The van der Waals surface area contributed by atoms with Gasteiger partial charge in [0.05, 0.1) is 19.6 Å². The molecule has 0 aromatic carbocycles. The van der Waals surface area contributed by atoms with Gasteiger partial charge in [-0.25, -0.2) is 0 Å². The molecule has 0 amide bonds. The Morgan fingerprint density at radius 2 is 1.71 bits per heavy atom. The van der Waals surface area contributed by atoms with E-state index in [4.69, 9.17) is 14.2 Å². The molecule has 12 nitrogen and oxygen atoms in total. The lowest BCUT2D eigenvalue weighted by atomic mass is 9.55. The lowest BCUT2D eigenvalue weighted by Crippen LogP contribution is -2.77. The van der Waals surface area contributed by atoms with Crippen molar-refractivity contribution in [2.75, 3.05) is 13.2 Å². The van der Waals surface area contributed by atoms with Crippen LogP contribution in [-0.2, 0) is 19.0 Å². The van der Waals surface area contributed by atoms with E-state index >= 15 is 0 Å². The quantitative estimate of drug-likeness (QED) is 0.138. The van der Waals surface area contributed by atoms with Crippen molar-refractivity contribution in [2.24, 2.45) is 17.3 Å². The van der Waals surface area contributed by atoms with Crippen LogP contribution in [0.15, 0.2) is 11.1 Å². The first-order valence-electron chi connectivity index (χ1n) is 13.3. The zero-order chi connectivity index (χ0) is 28.2. The Hall–Kier alpha value is -1.19. The molecule has 216 valence electrons. The number of carbonyl (C=O) groups excluding carboxylic acids is 1. The molecule has 2 bridgehead atoms. The molecular weight excluding hydrogens is 504 g/mol. The third kappa shape index (κ3) is 2.97. The molecule has 2 aliphatic heterocycles. The average molecular weight is 545 g/mol. The summed E-state index contributed by atoms with van der Waals surface area (Å²) in [7, 11) is 0. The Bertz CT molecular complexity index is 1030. The highest BCUT2D eigenvalue weighted by atomic mass is 16.7. The van der Waals surface area contributed by atoms with E-state index in [-0.39, 0.29) is 31.4 Å². The average Bonchev–Trinajstić information content (AvgIpc) is 3.11. The highest BCUT2D eigenvalue weighted by molar-refractivity contribution is 5.77. The number of rotatable bonds is 5. The van der Waals surface area contributed by atoms with Crippen molar-refractivity contribution in [1.29, 1.82) is 0 Å². The molecule has 5 rings (SSSR count). The van der Waals surface area contributed by atoms with Gasteiger partial charge in [0.15, 0.2) is 11.9 Å². The Labute approximate surface area is 220 Å². The van der Waals surface area contributed by atoms with Gasteiger partial charge in [-0.1, -0.05) is 26.3 Å². The van der Waals surface area contributed by atoms with Gasteiger partial charge in [0.1, 0.15) is 41.7 Å². The van der Waals surface area contributed by atoms with Gasteiger partial charge in [-0.2, -0.15) is 0 Å². The minimum absolute atomic E-state index is 0.103. The molecule has 4 fully saturated rings. The summed E-state index contributed by atoms with van der Waals surface area (Å²) in [6.45, 7) is 5.93. The van der Waals surface area contributed by atoms with E-state index in [0.717, 1.165) is 0 Å². The number of esters is 1. The van der Waals surface area contributed by atoms with E-state index in [1.807, 2.05) is 0 Å². The number of fused-ring (bicyclic) bond motifs is 2. The lowest BCUT2D eigenvalue weighted by Gasteiger charge is -2.59. The van der Waals surface area contributed by atoms with Crippen LogP contribution < -0.4 is 0 Å². The fourth-order valence-electron chi connectivity index (χ4n) is 8.33. The summed E-state index contributed by atoms with van der Waals surface area (Å²) in [5.74, 6) is -1.64. The van der Waals surface area contributed by atoms with Crippen molar-refractivity contribution < 1.29 is 59.9 Å². The smallest absolute Gasteiger partial charge is 0.307 e. The van der Waals surface area contributed by atoms with E-state index in [2.05, 4.69) is 0 Å². The summed E-state index contributed by atoms with van der Waals surface area (Å²) in [4.78, 5) is 12.8. The molecule has 0 radical (unpaired) electrons. The van der Waals surface area contributed by atoms with Crippen LogP contribution in [0.2, 0.25) is 0 Å². The van der Waals surface area contributed by atoms with Crippen molar-refractivity contribution in [1.82, 2.24) is 0 Å². The van der Waals surface area contributed by atoms with Crippen molar-refractivity contribution in [2.45, 2.75) is 113 Å². The monoisotopic (exact) mass is 544 g/mol. The first-order valence-corrected chi connectivity index (χ1v) is 13.3. The van der Waals surface area contributed by atoms with Crippen LogP contribution in [0, 0.1) is 17.3 Å².